The van der Waals surface area contributed by atoms with Crippen LogP contribution in [0.3, 0.4) is 0 Å². The van der Waals surface area contributed by atoms with Gasteiger partial charge in [-0.3, -0.25) is 4.57 Å². The van der Waals surface area contributed by atoms with Crippen molar-refractivity contribution < 1.29 is 0 Å². The lowest BCUT2D eigenvalue weighted by Gasteiger charge is -2.34. The average molecular weight is 784 g/mol. The Hall–Kier alpha value is -7.37. The van der Waals surface area contributed by atoms with E-state index in [0.717, 1.165) is 47.8 Å². The van der Waals surface area contributed by atoms with Crippen molar-refractivity contribution in [1.29, 1.82) is 0 Å². The number of hydrogen-bond donors (Lipinski definition) is 0. The minimum atomic E-state index is 0.244. The van der Waals surface area contributed by atoms with Crippen molar-refractivity contribution in [3.63, 3.8) is 0 Å². The fourth-order valence-electron chi connectivity index (χ4n) is 10.9. The number of anilines is 2. The van der Waals surface area contributed by atoms with Gasteiger partial charge in [-0.1, -0.05) is 145 Å². The predicted molar refractivity (Wildman–Crippen MR) is 250 cm³/mol. The lowest BCUT2D eigenvalue weighted by Crippen LogP contribution is -2.28. The van der Waals surface area contributed by atoms with E-state index < -0.39 is 0 Å². The predicted octanol–water partition coefficient (Wildman–Crippen LogP) is 13.7. The maximum Gasteiger partial charge on any atom is 0.238 e. The summed E-state index contributed by atoms with van der Waals surface area (Å²) in [5.74, 6) is 2.69. The quantitative estimate of drug-likeness (QED) is 0.174. The Morgan fingerprint density at radius 2 is 1.33 bits per heavy atom. The van der Waals surface area contributed by atoms with Crippen LogP contribution in [0.1, 0.15) is 59.8 Å². The van der Waals surface area contributed by atoms with Gasteiger partial charge in [0.25, 0.3) is 0 Å². The normalized spacial score (nSPS) is 19.3. The standard InChI is InChI=1S/C56H41N5/c1-4-15-35(16-5-1)54-57-55(36-17-6-2-7-18-36)59-56(58-54)61-50-30-28-38(37-27-29-49-45(32-37)43-24-12-13-26-48(43)60(49)41-21-8-3-9-22-41)33-47(50)53-44-25-14-20-40-31-39-19-10-11-23-42(39)46(52(40)44)34-51(53)61/h1-9,11-18,21-30,32-34,40,43,48H,10,19-20,31H2. The Bertz CT molecular complexity index is 3200. The number of allylic oxidation sites excluding steroid dienone is 7. The average Bonchev–Trinajstić information content (AvgIpc) is 3.84. The highest BCUT2D eigenvalue weighted by Crippen LogP contribution is 2.52. The van der Waals surface area contributed by atoms with Crippen molar-refractivity contribution in [2.75, 3.05) is 4.90 Å². The Balaban J connectivity index is 1.07. The summed E-state index contributed by atoms with van der Waals surface area (Å²) in [6.45, 7) is 0. The molecule has 2 aromatic heterocycles. The minimum Gasteiger partial charge on any atom is -0.333 e. The van der Waals surface area contributed by atoms with E-state index in [2.05, 4.69) is 155 Å². The summed E-state index contributed by atoms with van der Waals surface area (Å²) in [5, 5.41) is 2.47. The molecule has 1 aliphatic heterocycles. The highest BCUT2D eigenvalue weighted by Gasteiger charge is 2.38. The molecule has 3 atom stereocenters. The molecule has 13 rings (SSSR count). The highest BCUT2D eigenvalue weighted by molar-refractivity contribution is 6.15. The van der Waals surface area contributed by atoms with Crippen molar-refractivity contribution in [3.05, 3.63) is 204 Å². The molecule has 6 aromatic carbocycles. The summed E-state index contributed by atoms with van der Waals surface area (Å²) >= 11 is 0. The lowest BCUT2D eigenvalue weighted by atomic mass is 9.70. The monoisotopic (exact) mass is 783 g/mol. The molecule has 8 aromatic rings. The molecule has 0 amide bonds. The molecule has 3 heterocycles. The van der Waals surface area contributed by atoms with Crippen molar-refractivity contribution >= 4 is 44.8 Å². The van der Waals surface area contributed by atoms with Gasteiger partial charge >= 0.3 is 0 Å². The molecule has 5 aliphatic rings. The van der Waals surface area contributed by atoms with Gasteiger partial charge in [0.05, 0.1) is 17.1 Å². The van der Waals surface area contributed by atoms with Crippen LogP contribution in [0.2, 0.25) is 0 Å². The van der Waals surface area contributed by atoms with Gasteiger partial charge in [0, 0.05) is 39.2 Å². The zero-order valence-corrected chi connectivity index (χ0v) is 33.6. The second-order valence-electron chi connectivity index (χ2n) is 17.0. The van der Waals surface area contributed by atoms with Gasteiger partial charge in [0.2, 0.25) is 5.95 Å². The van der Waals surface area contributed by atoms with Gasteiger partial charge in [-0.2, -0.15) is 9.97 Å². The van der Waals surface area contributed by atoms with Gasteiger partial charge < -0.3 is 4.90 Å². The number of fused-ring (bicyclic) bond motifs is 8. The minimum absolute atomic E-state index is 0.244. The number of rotatable bonds is 5. The third kappa shape index (κ3) is 5.36. The second-order valence-corrected chi connectivity index (χ2v) is 17.0. The molecule has 290 valence electrons. The molecule has 0 saturated heterocycles. The Labute approximate surface area is 355 Å². The van der Waals surface area contributed by atoms with Crippen LogP contribution < -0.4 is 4.90 Å². The highest BCUT2D eigenvalue weighted by atomic mass is 15.2. The van der Waals surface area contributed by atoms with Crippen LogP contribution in [-0.4, -0.2) is 25.6 Å². The smallest absolute Gasteiger partial charge is 0.238 e. The number of benzene rings is 6. The Kier molecular flexibility index (Phi) is 7.68. The van der Waals surface area contributed by atoms with Crippen molar-refractivity contribution in [2.45, 2.75) is 43.6 Å². The van der Waals surface area contributed by atoms with Crippen LogP contribution in [0.4, 0.5) is 11.4 Å². The molecule has 0 bridgehead atoms. The van der Waals surface area contributed by atoms with E-state index in [-0.39, 0.29) is 12.0 Å². The van der Waals surface area contributed by atoms with Crippen LogP contribution >= 0.6 is 0 Å². The van der Waals surface area contributed by atoms with E-state index in [1.807, 2.05) is 36.4 Å². The molecular formula is C56H41N5. The van der Waals surface area contributed by atoms with Gasteiger partial charge in [0.15, 0.2) is 11.6 Å². The van der Waals surface area contributed by atoms with Gasteiger partial charge in [0.1, 0.15) is 0 Å². The maximum atomic E-state index is 5.32. The van der Waals surface area contributed by atoms with Gasteiger partial charge in [-0.15, -0.1) is 0 Å². The molecule has 5 nitrogen and oxygen atoms in total. The molecule has 0 fully saturated rings. The maximum absolute atomic E-state index is 5.32. The molecule has 0 spiro atoms. The molecule has 4 aliphatic carbocycles. The third-order valence-electron chi connectivity index (χ3n) is 13.6. The van der Waals surface area contributed by atoms with E-state index in [1.54, 1.807) is 5.57 Å². The first kappa shape index (κ1) is 34.5. The summed E-state index contributed by atoms with van der Waals surface area (Å²) < 4.78 is 2.31. The molecule has 3 unspecified atom stereocenters. The first-order valence-electron chi connectivity index (χ1n) is 21.7. The van der Waals surface area contributed by atoms with Crippen LogP contribution in [0.25, 0.3) is 73.3 Å². The second kappa shape index (κ2) is 13.6. The van der Waals surface area contributed by atoms with E-state index in [1.165, 1.54) is 61.1 Å². The fraction of sp³-hybridized carbons (Fsp3) is 0.125. The van der Waals surface area contributed by atoms with Crippen LogP contribution in [-0.2, 0) is 0 Å². The van der Waals surface area contributed by atoms with Gasteiger partial charge in [-0.25, -0.2) is 4.98 Å². The summed E-state index contributed by atoms with van der Waals surface area (Å²) in [6.07, 6.45) is 23.1. The van der Waals surface area contributed by atoms with Crippen LogP contribution in [0.15, 0.2) is 182 Å². The van der Waals surface area contributed by atoms with Crippen molar-refractivity contribution in [2.24, 2.45) is 0 Å². The molecule has 0 N–H and O–H groups in total. The summed E-state index contributed by atoms with van der Waals surface area (Å²) in [4.78, 5) is 18.2. The lowest BCUT2D eigenvalue weighted by molar-refractivity contribution is 0.652. The van der Waals surface area contributed by atoms with E-state index in [0.29, 0.717) is 23.5 Å². The molecule has 0 saturated carbocycles. The van der Waals surface area contributed by atoms with Gasteiger partial charge in [-0.05, 0) is 113 Å². The number of aromatic nitrogens is 4. The molecule has 0 radical (unpaired) electrons. The number of hydrogen-bond acceptors (Lipinski definition) is 4. The van der Waals surface area contributed by atoms with Crippen molar-refractivity contribution in [3.8, 4) is 39.9 Å². The first-order valence-corrected chi connectivity index (χ1v) is 21.7. The van der Waals surface area contributed by atoms with E-state index in [9.17, 15) is 0 Å². The zero-order chi connectivity index (χ0) is 40.0. The summed E-state index contributed by atoms with van der Waals surface area (Å²) in [7, 11) is 0. The van der Waals surface area contributed by atoms with E-state index in [4.69, 9.17) is 15.0 Å². The SMILES string of the molecule is C1=CC2c3cc(-c4ccc5c(c4)c4c6c7c(cc4n5-c4nc(-c5ccccc5)nc(-c5ccccc5)n4)C4=C(CCC=C4)CC7CC=C6)ccc3N(c3ccccc3)C2C=C1. The number of para-hydroxylation sites is 1. The molecule has 5 heteroatoms. The largest absolute Gasteiger partial charge is 0.333 e. The van der Waals surface area contributed by atoms with E-state index >= 15 is 0 Å². The number of nitrogens with zero attached hydrogens (tertiary/aromatic N) is 5. The van der Waals surface area contributed by atoms with Crippen LogP contribution in [0.5, 0.6) is 0 Å². The first-order chi connectivity index (χ1) is 30.2. The summed E-state index contributed by atoms with van der Waals surface area (Å²) in [6, 6.07) is 48.2. The van der Waals surface area contributed by atoms with Crippen molar-refractivity contribution in [1.82, 2.24) is 19.5 Å². The Morgan fingerprint density at radius 3 is 2.11 bits per heavy atom. The fourth-order valence-corrected chi connectivity index (χ4v) is 10.9. The molecule has 61 heavy (non-hydrogen) atoms. The third-order valence-corrected chi connectivity index (χ3v) is 13.6. The zero-order valence-electron chi connectivity index (χ0n) is 33.6. The molecular weight excluding hydrogens is 743 g/mol. The Morgan fingerprint density at radius 1 is 0.607 bits per heavy atom. The topological polar surface area (TPSA) is 46.8 Å². The summed E-state index contributed by atoms with van der Waals surface area (Å²) in [5.41, 5.74) is 17.6. The van der Waals surface area contributed by atoms with Crippen LogP contribution in [0, 0.1) is 0 Å².